The van der Waals surface area contributed by atoms with E-state index in [4.69, 9.17) is 19.9 Å². The number of pyridine rings is 1. The van der Waals surface area contributed by atoms with Gasteiger partial charge in [0.05, 0.1) is 19.8 Å². The molecule has 0 saturated heterocycles. The van der Waals surface area contributed by atoms with Crippen LogP contribution < -0.4 is 5.73 Å². The fourth-order valence-electron chi connectivity index (χ4n) is 1.24. The van der Waals surface area contributed by atoms with Crippen molar-refractivity contribution in [2.45, 2.75) is 13.0 Å². The number of hydrogen-bond acceptors (Lipinski definition) is 5. The maximum Gasteiger partial charge on any atom is 0.123 e. The molecule has 5 nitrogen and oxygen atoms in total. The van der Waals surface area contributed by atoms with Crippen molar-refractivity contribution in [2.24, 2.45) is 0 Å². The third kappa shape index (κ3) is 6.88. The lowest BCUT2D eigenvalue weighted by atomic mass is 10.3. The molecule has 0 fully saturated rings. The van der Waals surface area contributed by atoms with Crippen LogP contribution in [0.4, 0.5) is 5.82 Å². The van der Waals surface area contributed by atoms with Gasteiger partial charge in [0.15, 0.2) is 0 Å². The van der Waals surface area contributed by atoms with Gasteiger partial charge in [0.1, 0.15) is 5.82 Å². The molecule has 1 rings (SSSR count). The summed E-state index contributed by atoms with van der Waals surface area (Å²) >= 11 is 0. The van der Waals surface area contributed by atoms with Crippen molar-refractivity contribution in [3.8, 4) is 0 Å². The summed E-state index contributed by atoms with van der Waals surface area (Å²) in [5.74, 6) is 0.523. The minimum Gasteiger partial charge on any atom is -0.385 e. The lowest BCUT2D eigenvalue weighted by molar-refractivity contribution is 0.0336. The van der Waals surface area contributed by atoms with E-state index in [-0.39, 0.29) is 0 Å². The molecule has 0 bridgehead atoms. The monoisotopic (exact) mass is 240 g/mol. The first kappa shape index (κ1) is 13.9. The molecule has 1 aromatic rings. The predicted octanol–water partition coefficient (Wildman–Crippen LogP) is 1.23. The summed E-state index contributed by atoms with van der Waals surface area (Å²) in [6, 6.07) is 3.67. The van der Waals surface area contributed by atoms with Crippen molar-refractivity contribution in [2.75, 3.05) is 39.3 Å². The highest BCUT2D eigenvalue weighted by Gasteiger charge is 1.94. The number of nitrogen functional groups attached to an aromatic ring is 1. The minimum atomic E-state index is 0.523. The molecule has 1 aromatic heterocycles. The SMILES string of the molecule is COCCCOCCOCc1ccc(N)nc1. The van der Waals surface area contributed by atoms with E-state index in [0.29, 0.717) is 32.2 Å². The molecule has 0 atom stereocenters. The van der Waals surface area contributed by atoms with Gasteiger partial charge < -0.3 is 19.9 Å². The quantitative estimate of drug-likeness (QED) is 0.658. The van der Waals surface area contributed by atoms with Crippen LogP contribution in [-0.4, -0.2) is 38.5 Å². The Labute approximate surface area is 102 Å². The molecule has 0 radical (unpaired) electrons. The van der Waals surface area contributed by atoms with E-state index in [1.54, 1.807) is 19.4 Å². The first-order valence-electron chi connectivity index (χ1n) is 5.68. The van der Waals surface area contributed by atoms with Gasteiger partial charge in [-0.15, -0.1) is 0 Å². The summed E-state index contributed by atoms with van der Waals surface area (Å²) in [5, 5.41) is 0. The third-order valence-corrected chi connectivity index (χ3v) is 2.13. The molecule has 0 aromatic carbocycles. The van der Waals surface area contributed by atoms with Crippen LogP contribution >= 0.6 is 0 Å². The van der Waals surface area contributed by atoms with Crippen molar-refractivity contribution < 1.29 is 14.2 Å². The molecule has 96 valence electrons. The van der Waals surface area contributed by atoms with Gasteiger partial charge in [-0.2, -0.15) is 0 Å². The fourth-order valence-corrected chi connectivity index (χ4v) is 1.24. The molecule has 0 amide bonds. The number of nitrogens with two attached hydrogens (primary N) is 1. The van der Waals surface area contributed by atoms with E-state index in [1.165, 1.54) is 0 Å². The topological polar surface area (TPSA) is 66.6 Å². The molecular formula is C12H20N2O3. The Morgan fingerprint density at radius 3 is 2.65 bits per heavy atom. The molecule has 2 N–H and O–H groups in total. The van der Waals surface area contributed by atoms with Gasteiger partial charge in [-0.3, -0.25) is 0 Å². The zero-order valence-corrected chi connectivity index (χ0v) is 10.2. The summed E-state index contributed by atoms with van der Waals surface area (Å²) in [4.78, 5) is 3.98. The van der Waals surface area contributed by atoms with E-state index < -0.39 is 0 Å². The van der Waals surface area contributed by atoms with Crippen molar-refractivity contribution in [1.82, 2.24) is 4.98 Å². The first-order valence-corrected chi connectivity index (χ1v) is 5.68. The zero-order valence-electron chi connectivity index (χ0n) is 10.2. The lowest BCUT2D eigenvalue weighted by Crippen LogP contribution is -2.06. The Bertz CT molecular complexity index is 290. The molecule has 0 aliphatic heterocycles. The number of methoxy groups -OCH3 is 1. The smallest absolute Gasteiger partial charge is 0.123 e. The Balaban J connectivity index is 1.95. The van der Waals surface area contributed by atoms with Crippen LogP contribution in [0.5, 0.6) is 0 Å². The summed E-state index contributed by atoms with van der Waals surface area (Å²) in [7, 11) is 1.68. The summed E-state index contributed by atoms with van der Waals surface area (Å²) in [5.41, 5.74) is 6.49. The third-order valence-electron chi connectivity index (χ3n) is 2.13. The maximum atomic E-state index is 5.48. The van der Waals surface area contributed by atoms with Crippen LogP contribution in [0.2, 0.25) is 0 Å². The molecule has 0 aliphatic carbocycles. The Kier molecular flexibility index (Phi) is 7.29. The van der Waals surface area contributed by atoms with Crippen LogP contribution in [0, 0.1) is 0 Å². The van der Waals surface area contributed by atoms with E-state index in [0.717, 1.165) is 18.6 Å². The van der Waals surface area contributed by atoms with Gasteiger partial charge in [0.25, 0.3) is 0 Å². The number of nitrogens with zero attached hydrogens (tertiary/aromatic N) is 1. The van der Waals surface area contributed by atoms with Crippen molar-refractivity contribution >= 4 is 5.82 Å². The van der Waals surface area contributed by atoms with E-state index in [1.807, 2.05) is 6.07 Å². The Morgan fingerprint density at radius 2 is 1.94 bits per heavy atom. The number of ether oxygens (including phenoxy) is 3. The van der Waals surface area contributed by atoms with Gasteiger partial charge >= 0.3 is 0 Å². The molecule has 5 heteroatoms. The average molecular weight is 240 g/mol. The standard InChI is InChI=1S/C12H20N2O3/c1-15-5-2-6-16-7-8-17-10-11-3-4-12(13)14-9-11/h3-4,9H,2,5-8,10H2,1H3,(H2,13,14). The van der Waals surface area contributed by atoms with Crippen LogP contribution in [0.1, 0.15) is 12.0 Å². The van der Waals surface area contributed by atoms with Gasteiger partial charge in [-0.05, 0) is 18.1 Å². The maximum absolute atomic E-state index is 5.48. The second kappa shape index (κ2) is 8.92. The number of hydrogen-bond donors (Lipinski definition) is 1. The molecule has 0 aliphatic rings. The van der Waals surface area contributed by atoms with E-state index in [2.05, 4.69) is 4.98 Å². The van der Waals surface area contributed by atoms with Gasteiger partial charge in [0.2, 0.25) is 0 Å². The molecule has 0 saturated carbocycles. The van der Waals surface area contributed by atoms with Gasteiger partial charge in [-0.25, -0.2) is 4.98 Å². The van der Waals surface area contributed by atoms with E-state index >= 15 is 0 Å². The second-order valence-electron chi connectivity index (χ2n) is 3.60. The van der Waals surface area contributed by atoms with E-state index in [9.17, 15) is 0 Å². The second-order valence-corrected chi connectivity index (χ2v) is 3.60. The highest BCUT2D eigenvalue weighted by Crippen LogP contribution is 2.02. The van der Waals surface area contributed by atoms with Gasteiger partial charge in [0, 0.05) is 26.5 Å². The summed E-state index contributed by atoms with van der Waals surface area (Å²) in [6.45, 7) is 3.16. The normalized spacial score (nSPS) is 10.6. The molecular weight excluding hydrogens is 220 g/mol. The molecule has 17 heavy (non-hydrogen) atoms. The average Bonchev–Trinajstić information content (AvgIpc) is 2.35. The Hall–Kier alpha value is -1.17. The van der Waals surface area contributed by atoms with Crippen LogP contribution in [0.15, 0.2) is 18.3 Å². The van der Waals surface area contributed by atoms with Crippen LogP contribution in [-0.2, 0) is 20.8 Å². The largest absolute Gasteiger partial charge is 0.385 e. The Morgan fingerprint density at radius 1 is 1.12 bits per heavy atom. The van der Waals surface area contributed by atoms with Crippen LogP contribution in [0.3, 0.4) is 0 Å². The molecule has 1 heterocycles. The predicted molar refractivity (Wildman–Crippen MR) is 65.6 cm³/mol. The fraction of sp³-hybridized carbons (Fsp3) is 0.583. The molecule has 0 spiro atoms. The molecule has 0 unspecified atom stereocenters. The minimum absolute atomic E-state index is 0.523. The zero-order chi connectivity index (χ0) is 12.3. The highest BCUT2D eigenvalue weighted by atomic mass is 16.5. The highest BCUT2D eigenvalue weighted by molar-refractivity contribution is 5.28. The number of rotatable bonds is 9. The van der Waals surface area contributed by atoms with Crippen molar-refractivity contribution in [3.63, 3.8) is 0 Å². The van der Waals surface area contributed by atoms with Crippen molar-refractivity contribution in [1.29, 1.82) is 0 Å². The summed E-state index contributed by atoms with van der Waals surface area (Å²) in [6.07, 6.45) is 2.63. The van der Waals surface area contributed by atoms with Gasteiger partial charge in [-0.1, -0.05) is 6.07 Å². The number of anilines is 1. The van der Waals surface area contributed by atoms with Crippen molar-refractivity contribution in [3.05, 3.63) is 23.9 Å². The lowest BCUT2D eigenvalue weighted by Gasteiger charge is -2.05. The number of aromatic nitrogens is 1. The first-order chi connectivity index (χ1) is 8.33. The van der Waals surface area contributed by atoms with Crippen LogP contribution in [0.25, 0.3) is 0 Å². The summed E-state index contributed by atoms with van der Waals surface area (Å²) < 4.78 is 15.7.